The molecule has 6 heteroatoms. The predicted molar refractivity (Wildman–Crippen MR) is 166 cm³/mol. The smallest absolute Gasteiger partial charge is 0.310 e. The predicted octanol–water partition coefficient (Wildman–Crippen LogP) is 6.53. The molecule has 0 fully saturated rings. The van der Waals surface area contributed by atoms with Crippen LogP contribution in [-0.4, -0.2) is 50.5 Å². The summed E-state index contributed by atoms with van der Waals surface area (Å²) in [5.74, 6) is 1.64. The highest BCUT2D eigenvalue weighted by Gasteiger charge is 2.17. The molecule has 0 N–H and O–H groups in total. The fourth-order valence-corrected chi connectivity index (χ4v) is 5.05. The van der Waals surface area contributed by atoms with E-state index in [1.54, 1.807) is 14.2 Å². The average molecular weight is 568 g/mol. The molecule has 4 rings (SSSR count). The maximum atomic E-state index is 13.3. The second-order valence-electron chi connectivity index (χ2n) is 10.7. The lowest BCUT2D eigenvalue weighted by atomic mass is 9.97. The molecule has 6 nitrogen and oxygen atoms in total. The zero-order valence-corrected chi connectivity index (χ0v) is 24.7. The topological polar surface area (TPSA) is 65.1 Å². The SMILES string of the molecule is COc1ccc(C/C=C(/CC(=O)CN2CCC=C(CC(=O)OCc3ccccc3)CC2)Cc2ccc(OC)cc2)cc1. The van der Waals surface area contributed by atoms with Crippen LogP contribution >= 0.6 is 0 Å². The minimum Gasteiger partial charge on any atom is -0.497 e. The largest absolute Gasteiger partial charge is 0.497 e. The van der Waals surface area contributed by atoms with Crippen molar-refractivity contribution in [1.82, 2.24) is 4.90 Å². The van der Waals surface area contributed by atoms with Gasteiger partial charge in [-0.1, -0.05) is 77.9 Å². The molecule has 0 aliphatic carbocycles. The maximum Gasteiger partial charge on any atom is 0.310 e. The van der Waals surface area contributed by atoms with Crippen LogP contribution in [0.2, 0.25) is 0 Å². The number of carbonyl (C=O) groups is 2. The maximum absolute atomic E-state index is 13.3. The first kappa shape index (κ1) is 30.8. The van der Waals surface area contributed by atoms with Gasteiger partial charge in [-0.15, -0.1) is 0 Å². The number of hydrogen-bond acceptors (Lipinski definition) is 6. The second kappa shape index (κ2) is 16.3. The van der Waals surface area contributed by atoms with Gasteiger partial charge in [-0.05, 0) is 66.6 Å². The van der Waals surface area contributed by atoms with Crippen LogP contribution in [0.5, 0.6) is 11.5 Å². The summed E-state index contributed by atoms with van der Waals surface area (Å²) in [5.41, 5.74) is 5.49. The lowest BCUT2D eigenvalue weighted by molar-refractivity contribution is -0.144. The number of rotatable bonds is 14. The second-order valence-corrected chi connectivity index (χ2v) is 10.7. The van der Waals surface area contributed by atoms with Crippen LogP contribution in [0.25, 0.3) is 0 Å². The average Bonchev–Trinajstić information content (AvgIpc) is 3.24. The number of carbonyl (C=O) groups excluding carboxylic acids is 2. The number of nitrogens with zero attached hydrogens (tertiary/aromatic N) is 1. The molecule has 0 amide bonds. The number of Topliss-reactive ketones (excluding diaryl/α,β-unsaturated/α-hetero) is 1. The van der Waals surface area contributed by atoms with Crippen molar-refractivity contribution < 1.29 is 23.8 Å². The van der Waals surface area contributed by atoms with E-state index < -0.39 is 0 Å². The zero-order chi connectivity index (χ0) is 29.6. The molecule has 3 aromatic carbocycles. The van der Waals surface area contributed by atoms with Crippen LogP contribution in [0, 0.1) is 0 Å². The monoisotopic (exact) mass is 567 g/mol. The lowest BCUT2D eigenvalue weighted by Gasteiger charge is -2.19. The summed E-state index contributed by atoms with van der Waals surface area (Å²) in [6.07, 6.45) is 8.08. The van der Waals surface area contributed by atoms with Crippen LogP contribution in [0.1, 0.15) is 42.4 Å². The molecule has 0 spiro atoms. The Kier molecular flexibility index (Phi) is 12.0. The summed E-state index contributed by atoms with van der Waals surface area (Å²) < 4.78 is 16.0. The van der Waals surface area contributed by atoms with Gasteiger partial charge in [0, 0.05) is 19.5 Å². The number of methoxy groups -OCH3 is 2. The van der Waals surface area contributed by atoms with E-state index in [0.29, 0.717) is 32.4 Å². The lowest BCUT2D eigenvalue weighted by Crippen LogP contribution is -2.31. The van der Waals surface area contributed by atoms with Gasteiger partial charge in [0.15, 0.2) is 5.78 Å². The van der Waals surface area contributed by atoms with Crippen LogP contribution in [0.3, 0.4) is 0 Å². The number of allylic oxidation sites excluding steroid dienone is 2. The number of benzene rings is 3. The Morgan fingerprint density at radius 1 is 0.786 bits per heavy atom. The van der Waals surface area contributed by atoms with Crippen molar-refractivity contribution in [2.24, 2.45) is 0 Å². The zero-order valence-electron chi connectivity index (χ0n) is 24.7. The fourth-order valence-electron chi connectivity index (χ4n) is 5.05. The van der Waals surface area contributed by atoms with Crippen LogP contribution in [-0.2, 0) is 33.8 Å². The van der Waals surface area contributed by atoms with E-state index in [-0.39, 0.29) is 11.8 Å². The molecule has 220 valence electrons. The first-order chi connectivity index (χ1) is 20.5. The molecule has 0 atom stereocenters. The number of hydrogen-bond donors (Lipinski definition) is 0. The summed E-state index contributed by atoms with van der Waals surface area (Å²) in [6.45, 7) is 2.26. The molecule has 1 aliphatic heterocycles. The highest BCUT2D eigenvalue weighted by Crippen LogP contribution is 2.20. The molecule has 0 unspecified atom stereocenters. The summed E-state index contributed by atoms with van der Waals surface area (Å²) in [4.78, 5) is 27.9. The fraction of sp³-hybridized carbons (Fsp3) is 0.333. The molecular weight excluding hydrogens is 526 g/mol. The van der Waals surface area contributed by atoms with Gasteiger partial charge in [-0.2, -0.15) is 0 Å². The van der Waals surface area contributed by atoms with Crippen LogP contribution in [0.15, 0.2) is 102 Å². The standard InChI is InChI=1S/C36H41NO5/c1-40-34-16-12-28(13-17-34)10-11-32(23-30-14-18-35(41-2)19-15-30)24-33(38)26-37-21-6-9-29(20-22-37)25-36(39)42-27-31-7-4-3-5-8-31/h3-5,7-9,11-19H,6,10,20-27H2,1-2H3/b32-11+. The Hall–Kier alpha value is -4.16. The third-order valence-electron chi connectivity index (χ3n) is 7.44. The number of esters is 1. The van der Waals surface area contributed by atoms with E-state index in [0.717, 1.165) is 66.1 Å². The Balaban J connectivity index is 1.30. The van der Waals surface area contributed by atoms with Crippen molar-refractivity contribution in [2.75, 3.05) is 33.9 Å². The normalized spacial score (nSPS) is 14.0. The summed E-state index contributed by atoms with van der Waals surface area (Å²) >= 11 is 0. The molecule has 3 aromatic rings. The molecular formula is C36H41NO5. The Morgan fingerprint density at radius 2 is 1.45 bits per heavy atom. The van der Waals surface area contributed by atoms with E-state index in [2.05, 4.69) is 41.3 Å². The van der Waals surface area contributed by atoms with E-state index in [4.69, 9.17) is 14.2 Å². The van der Waals surface area contributed by atoms with Gasteiger partial charge in [-0.3, -0.25) is 14.5 Å². The van der Waals surface area contributed by atoms with Crippen molar-refractivity contribution in [1.29, 1.82) is 0 Å². The van der Waals surface area contributed by atoms with Crippen molar-refractivity contribution in [3.05, 3.63) is 119 Å². The third-order valence-corrected chi connectivity index (χ3v) is 7.44. The molecule has 1 heterocycles. The van der Waals surface area contributed by atoms with E-state index in [9.17, 15) is 9.59 Å². The van der Waals surface area contributed by atoms with Crippen molar-refractivity contribution >= 4 is 11.8 Å². The van der Waals surface area contributed by atoms with Gasteiger partial charge in [0.05, 0.1) is 27.2 Å². The number of ether oxygens (including phenoxy) is 3. The summed E-state index contributed by atoms with van der Waals surface area (Å²) in [6, 6.07) is 25.8. The van der Waals surface area contributed by atoms with E-state index >= 15 is 0 Å². The quantitative estimate of drug-likeness (QED) is 0.163. The van der Waals surface area contributed by atoms with E-state index in [1.165, 1.54) is 5.56 Å². The Morgan fingerprint density at radius 3 is 2.12 bits per heavy atom. The highest BCUT2D eigenvalue weighted by atomic mass is 16.5. The van der Waals surface area contributed by atoms with Crippen LogP contribution < -0.4 is 9.47 Å². The van der Waals surface area contributed by atoms with Gasteiger partial charge in [0.1, 0.15) is 18.1 Å². The molecule has 0 aromatic heterocycles. The van der Waals surface area contributed by atoms with Crippen molar-refractivity contribution in [2.45, 2.75) is 45.1 Å². The van der Waals surface area contributed by atoms with Gasteiger partial charge < -0.3 is 14.2 Å². The van der Waals surface area contributed by atoms with Crippen LogP contribution in [0.4, 0.5) is 0 Å². The molecule has 0 saturated heterocycles. The van der Waals surface area contributed by atoms with Gasteiger partial charge >= 0.3 is 5.97 Å². The molecule has 42 heavy (non-hydrogen) atoms. The summed E-state index contributed by atoms with van der Waals surface area (Å²) in [5, 5.41) is 0. The highest BCUT2D eigenvalue weighted by molar-refractivity contribution is 5.83. The molecule has 0 saturated carbocycles. The van der Waals surface area contributed by atoms with Crippen molar-refractivity contribution in [3.63, 3.8) is 0 Å². The van der Waals surface area contributed by atoms with Gasteiger partial charge in [-0.25, -0.2) is 0 Å². The van der Waals surface area contributed by atoms with Gasteiger partial charge in [0.25, 0.3) is 0 Å². The minimum absolute atomic E-state index is 0.204. The summed E-state index contributed by atoms with van der Waals surface area (Å²) in [7, 11) is 3.32. The molecule has 1 aliphatic rings. The third kappa shape index (κ3) is 10.3. The number of ketones is 1. The first-order valence-electron chi connectivity index (χ1n) is 14.6. The van der Waals surface area contributed by atoms with Gasteiger partial charge in [0.2, 0.25) is 0 Å². The Labute approximate surface area is 249 Å². The van der Waals surface area contributed by atoms with E-state index in [1.807, 2.05) is 54.6 Å². The Bertz CT molecular complexity index is 1340. The van der Waals surface area contributed by atoms with Crippen molar-refractivity contribution in [3.8, 4) is 11.5 Å². The molecule has 0 radical (unpaired) electrons. The minimum atomic E-state index is -0.209. The first-order valence-corrected chi connectivity index (χ1v) is 14.6. The molecule has 0 bridgehead atoms.